The summed E-state index contributed by atoms with van der Waals surface area (Å²) in [5.41, 5.74) is 0. The molecule has 0 aliphatic heterocycles. The minimum atomic E-state index is -0.206. The van der Waals surface area contributed by atoms with Gasteiger partial charge in [-0.05, 0) is 0 Å². The molecule has 0 saturated carbocycles. The molecule has 2 amide bonds. The summed E-state index contributed by atoms with van der Waals surface area (Å²) in [5, 5.41) is 0. The second-order valence-corrected chi connectivity index (χ2v) is 9.76. The van der Waals surface area contributed by atoms with Crippen LogP contribution in [-0.4, -0.2) is 118 Å². The number of thiol groups is 1. The molecule has 0 rings (SSSR count). The predicted molar refractivity (Wildman–Crippen MR) is 144 cm³/mol. The molecule has 0 fully saturated rings. The quantitative estimate of drug-likeness (QED) is 0.135. The predicted octanol–water partition coefficient (Wildman–Crippen LogP) is 1.21. The third-order valence-electron chi connectivity index (χ3n) is 4.62. The molecule has 8 nitrogen and oxygen atoms in total. The Balaban J connectivity index is 4.39. The molecule has 33 heavy (non-hydrogen) atoms. The third kappa shape index (κ3) is 15.5. The normalized spacial score (nSPS) is 11.2. The Labute approximate surface area is 214 Å². The topological polar surface area (TPSA) is 94.8 Å². The van der Waals surface area contributed by atoms with Crippen LogP contribution < -0.4 is 0 Å². The molecule has 0 aromatic carbocycles. The van der Waals surface area contributed by atoms with Crippen molar-refractivity contribution in [2.45, 2.75) is 12.8 Å². The summed E-state index contributed by atoms with van der Waals surface area (Å²) in [4.78, 5) is 49.6. The Morgan fingerprint density at radius 2 is 1.39 bits per heavy atom. The van der Waals surface area contributed by atoms with E-state index in [0.29, 0.717) is 43.3 Å². The monoisotopic (exact) mass is 506 g/mol. The summed E-state index contributed by atoms with van der Waals surface area (Å²) in [7, 11) is 15.4. The van der Waals surface area contributed by atoms with Gasteiger partial charge < -0.3 is 0 Å². The van der Waals surface area contributed by atoms with E-state index in [4.69, 9.17) is 22.9 Å². The fourth-order valence-corrected chi connectivity index (χ4v) is 5.01. The van der Waals surface area contributed by atoms with Crippen LogP contribution in [0.3, 0.4) is 0 Å². The number of hydrogen-bond donors (Lipinski definition) is 1. The Morgan fingerprint density at radius 3 is 1.94 bits per heavy atom. The molecule has 1 atom stereocenters. The minimum absolute atomic E-state index is 0.0344. The van der Waals surface area contributed by atoms with Crippen molar-refractivity contribution in [2.24, 2.45) is 20.6 Å². The van der Waals surface area contributed by atoms with Gasteiger partial charge in [-0.15, -0.1) is 0 Å². The average molecular weight is 506 g/mol. The molecule has 1 unspecified atom stereocenters. The molecule has 0 aromatic rings. The Bertz CT molecular complexity index is 661. The summed E-state index contributed by atoms with van der Waals surface area (Å²) in [6.45, 7) is 5.14. The van der Waals surface area contributed by atoms with E-state index in [1.165, 1.54) is 11.1 Å². The van der Waals surface area contributed by atoms with Crippen LogP contribution in [0, 0.1) is 5.92 Å². The first-order chi connectivity index (χ1) is 15.9. The van der Waals surface area contributed by atoms with Crippen LogP contribution in [0.1, 0.15) is 12.8 Å². The van der Waals surface area contributed by atoms with Gasteiger partial charge in [0.25, 0.3) is 0 Å². The molecule has 0 aliphatic carbocycles. The zero-order chi connectivity index (χ0) is 24.9. The Kier molecular flexibility index (Phi) is 20.9. The van der Waals surface area contributed by atoms with Crippen LogP contribution in [0.15, 0.2) is 27.5 Å². The fraction of sp³-hybridized carbons (Fsp3) is 0.737. The molecule has 0 bridgehead atoms. The van der Waals surface area contributed by atoms with Gasteiger partial charge in [-0.25, -0.2) is 0 Å². The van der Waals surface area contributed by atoms with Gasteiger partial charge in [0, 0.05) is 0 Å². The number of carbonyl (C=O) groups excluding carboxylic acids is 3. The third-order valence-corrected chi connectivity index (χ3v) is 6.82. The molecule has 177 valence electrons. The van der Waals surface area contributed by atoms with Crippen LogP contribution >= 0.6 is 36.2 Å². The van der Waals surface area contributed by atoms with E-state index >= 15 is 0 Å². The fourth-order valence-electron chi connectivity index (χ4n) is 2.81. The first kappa shape index (κ1) is 32.0. The van der Waals surface area contributed by atoms with E-state index in [1.807, 2.05) is 0 Å². The molecule has 0 saturated heterocycles. The summed E-state index contributed by atoms with van der Waals surface area (Å²) >= 11 is 7.54. The zero-order valence-electron chi connectivity index (χ0n) is 19.0. The summed E-state index contributed by atoms with van der Waals surface area (Å²) in [5.74, 6) is 3.20. The Hall–Kier alpha value is -1.01. The Morgan fingerprint density at radius 1 is 0.848 bits per heavy atom. The maximum absolute atomic E-state index is 12.3. The van der Waals surface area contributed by atoms with E-state index < -0.39 is 0 Å². The van der Waals surface area contributed by atoms with Crippen molar-refractivity contribution >= 4 is 76.7 Å². The number of rotatable bonds is 22. The molecule has 0 heterocycles. The summed E-state index contributed by atoms with van der Waals surface area (Å²) < 4.78 is 0. The maximum atomic E-state index is 12.3. The second kappa shape index (κ2) is 21.5. The van der Waals surface area contributed by atoms with Gasteiger partial charge in [-0.3, -0.25) is 0 Å². The molecule has 0 spiro atoms. The summed E-state index contributed by atoms with van der Waals surface area (Å²) in [6, 6.07) is 0. The van der Waals surface area contributed by atoms with E-state index in [0.717, 1.165) is 17.9 Å². The molecule has 3 radical (unpaired) electrons. The second-order valence-electron chi connectivity index (χ2n) is 6.86. The number of thioether (sulfide) groups is 2. The van der Waals surface area contributed by atoms with Crippen molar-refractivity contribution in [3.8, 4) is 0 Å². The van der Waals surface area contributed by atoms with Crippen LogP contribution in [0.4, 0.5) is 0 Å². The van der Waals surface area contributed by atoms with Gasteiger partial charge in [0.1, 0.15) is 0 Å². The van der Waals surface area contributed by atoms with E-state index in [2.05, 4.69) is 33.9 Å². The van der Waals surface area contributed by atoms with Crippen molar-refractivity contribution in [1.29, 1.82) is 0 Å². The number of nitrogens with zero attached hydrogens (tertiary/aromatic N) is 5. The molecule has 0 aromatic heterocycles. The number of Topliss-reactive ketones (excluding diaryl/α,β-unsaturated/α-hetero) is 1. The molecular weight excluding hydrogens is 475 g/mol. The van der Waals surface area contributed by atoms with Crippen molar-refractivity contribution in [3.63, 3.8) is 0 Å². The SMILES string of the molecule is [B]=NCC(=O)C(CCS)CCSCCN(CCSCCN(C=C)C(=O)CN=[B])C(=O)CN=[B]. The van der Waals surface area contributed by atoms with Crippen LogP contribution in [0.5, 0.6) is 0 Å². The molecular formula is C19H31B3N5O3S3. The molecule has 0 aliphatic rings. The van der Waals surface area contributed by atoms with Crippen LogP contribution in [0.25, 0.3) is 0 Å². The summed E-state index contributed by atoms with van der Waals surface area (Å²) in [6.07, 6.45) is 2.90. The van der Waals surface area contributed by atoms with Crippen molar-refractivity contribution < 1.29 is 14.4 Å². The van der Waals surface area contributed by atoms with Gasteiger partial charge in [-0.2, -0.15) is 0 Å². The first-order valence-corrected chi connectivity index (χ1v) is 13.5. The van der Waals surface area contributed by atoms with E-state index in [-0.39, 0.29) is 43.1 Å². The average Bonchev–Trinajstić information content (AvgIpc) is 2.79. The van der Waals surface area contributed by atoms with Crippen molar-refractivity contribution in [2.75, 3.05) is 68.0 Å². The standard InChI is InChI=1S/C19H31B3N5O3S3/c1-2-26(18(29)14-24-21)5-10-33-12-7-27(19(30)15-25-22)6-11-32-9-4-16(3-8-31)17(28)13-23-20/h2,16,31H,1,3-15H2. The van der Waals surface area contributed by atoms with E-state index in [9.17, 15) is 14.4 Å². The van der Waals surface area contributed by atoms with Crippen molar-refractivity contribution in [3.05, 3.63) is 12.8 Å². The molecule has 14 heteroatoms. The first-order valence-electron chi connectivity index (χ1n) is 10.5. The van der Waals surface area contributed by atoms with Gasteiger partial charge in [0.15, 0.2) is 0 Å². The van der Waals surface area contributed by atoms with Gasteiger partial charge >= 0.3 is 215 Å². The van der Waals surface area contributed by atoms with Crippen LogP contribution in [-0.2, 0) is 14.4 Å². The molecule has 0 N–H and O–H groups in total. The van der Waals surface area contributed by atoms with Crippen molar-refractivity contribution in [1.82, 2.24) is 9.80 Å². The number of hydrogen-bond acceptors (Lipinski definition) is 9. The number of amides is 2. The number of ketones is 1. The van der Waals surface area contributed by atoms with E-state index in [1.54, 1.807) is 28.4 Å². The zero-order valence-corrected chi connectivity index (χ0v) is 21.5. The van der Waals surface area contributed by atoms with Crippen LogP contribution in [0.2, 0.25) is 0 Å². The van der Waals surface area contributed by atoms with Gasteiger partial charge in [0.05, 0.1) is 0 Å². The van der Waals surface area contributed by atoms with Gasteiger partial charge in [0.2, 0.25) is 0 Å². The number of carbonyl (C=O) groups is 3. The van der Waals surface area contributed by atoms with Gasteiger partial charge in [-0.1, -0.05) is 0 Å².